The van der Waals surface area contributed by atoms with Crippen LogP contribution in [0.4, 0.5) is 19.4 Å². The van der Waals surface area contributed by atoms with Gasteiger partial charge in [0.2, 0.25) is 0 Å². The van der Waals surface area contributed by atoms with Crippen LogP contribution in [0.3, 0.4) is 0 Å². The van der Waals surface area contributed by atoms with Gasteiger partial charge in [0.1, 0.15) is 23.5 Å². The monoisotopic (exact) mass is 652 g/mol. The number of halogens is 2. The number of unbranched alkanes of at least 4 members (excludes halogenated alkanes) is 4. The van der Waals surface area contributed by atoms with E-state index >= 15 is 0 Å². The number of hydrogen-bond acceptors (Lipinski definition) is 6. The zero-order chi connectivity index (χ0) is 34.6. The minimum atomic E-state index is -3.41. The molecule has 1 fully saturated rings. The molecular formula is C38H54F2N4O3. The zero-order valence-corrected chi connectivity index (χ0v) is 29.3. The average molecular weight is 653 g/mol. The first-order chi connectivity index (χ1) is 22.3. The minimum absolute atomic E-state index is 0.0673. The third kappa shape index (κ3) is 11.5. The predicted octanol–water partition coefficient (Wildman–Crippen LogP) is 9.58. The molecule has 258 valence electrons. The summed E-state index contributed by atoms with van der Waals surface area (Å²) in [5.74, 6) is 0.979. The molecule has 1 atom stereocenters. The number of carbonyl (C=O) groups excluding carboxylic acids is 1. The predicted molar refractivity (Wildman–Crippen MR) is 187 cm³/mol. The van der Waals surface area contributed by atoms with E-state index in [9.17, 15) is 13.6 Å². The lowest BCUT2D eigenvalue weighted by atomic mass is 9.91. The molecule has 1 amide bonds. The molecule has 0 spiro atoms. The van der Waals surface area contributed by atoms with E-state index in [4.69, 9.17) is 19.4 Å². The second-order valence-corrected chi connectivity index (χ2v) is 13.3. The molecule has 1 saturated heterocycles. The Morgan fingerprint density at radius 2 is 1.83 bits per heavy atom. The second kappa shape index (κ2) is 17.4. The van der Waals surface area contributed by atoms with Crippen LogP contribution >= 0.6 is 0 Å². The molecule has 1 aliphatic heterocycles. The number of piperazine rings is 1. The number of aryl methyl sites for hydroxylation is 2. The number of ether oxygens (including phenoxy) is 2. The Balaban J connectivity index is 1.81. The molecule has 2 heterocycles. The molecule has 0 bridgehead atoms. The Bertz CT molecular complexity index is 1390. The molecule has 1 aromatic carbocycles. The summed E-state index contributed by atoms with van der Waals surface area (Å²) in [6.07, 6.45) is 9.20. The summed E-state index contributed by atoms with van der Waals surface area (Å²) >= 11 is 0. The van der Waals surface area contributed by atoms with Crippen LogP contribution in [-0.4, -0.2) is 58.3 Å². The van der Waals surface area contributed by atoms with Crippen LogP contribution in [0.25, 0.3) is 5.57 Å². The van der Waals surface area contributed by atoms with Gasteiger partial charge >= 0.3 is 12.2 Å². The maximum absolute atomic E-state index is 13.7. The molecule has 0 aliphatic carbocycles. The number of rotatable bonds is 16. The van der Waals surface area contributed by atoms with Gasteiger partial charge in [-0.1, -0.05) is 57.6 Å². The van der Waals surface area contributed by atoms with Crippen molar-refractivity contribution < 1.29 is 23.0 Å². The van der Waals surface area contributed by atoms with E-state index in [1.165, 1.54) is 25.3 Å². The maximum atomic E-state index is 13.7. The number of hydrogen-bond donors (Lipinski definition) is 0. The number of anilines is 1. The van der Waals surface area contributed by atoms with Crippen molar-refractivity contribution in [1.29, 1.82) is 0 Å². The summed E-state index contributed by atoms with van der Waals surface area (Å²) in [6.45, 7) is 21.3. The van der Waals surface area contributed by atoms with E-state index in [0.29, 0.717) is 25.7 Å². The van der Waals surface area contributed by atoms with Gasteiger partial charge in [0, 0.05) is 37.3 Å². The molecule has 2 aromatic rings. The first kappa shape index (κ1) is 37.7. The molecule has 1 aromatic heterocycles. The normalized spacial score (nSPS) is 15.8. The number of alkyl halides is 2. The quantitative estimate of drug-likeness (QED) is 0.102. The highest BCUT2D eigenvalue weighted by Crippen LogP contribution is 2.36. The van der Waals surface area contributed by atoms with Crippen molar-refractivity contribution in [1.82, 2.24) is 14.9 Å². The van der Waals surface area contributed by atoms with Crippen LogP contribution in [0.15, 0.2) is 61.5 Å². The molecule has 9 heteroatoms. The molecule has 47 heavy (non-hydrogen) atoms. The van der Waals surface area contributed by atoms with E-state index in [2.05, 4.69) is 31.1 Å². The van der Waals surface area contributed by atoms with E-state index in [-0.39, 0.29) is 17.9 Å². The number of allylic oxidation sites excluding steroid dienone is 3. The van der Waals surface area contributed by atoms with Crippen LogP contribution in [0.1, 0.15) is 103 Å². The van der Waals surface area contributed by atoms with Crippen molar-refractivity contribution in [2.24, 2.45) is 0 Å². The average Bonchev–Trinajstić information content (AvgIpc) is 3.01. The van der Waals surface area contributed by atoms with Crippen molar-refractivity contribution in [2.75, 3.05) is 24.5 Å². The fourth-order valence-electron chi connectivity index (χ4n) is 5.87. The summed E-state index contributed by atoms with van der Waals surface area (Å²) in [6, 6.07) is 6.77. The zero-order valence-electron chi connectivity index (χ0n) is 29.3. The molecular weight excluding hydrogens is 598 g/mol. The van der Waals surface area contributed by atoms with Gasteiger partial charge in [0.25, 0.3) is 0 Å². The van der Waals surface area contributed by atoms with Gasteiger partial charge in [0.15, 0.2) is 0 Å². The van der Waals surface area contributed by atoms with Gasteiger partial charge in [-0.25, -0.2) is 14.8 Å². The van der Waals surface area contributed by atoms with Crippen molar-refractivity contribution in [3.05, 3.63) is 78.3 Å². The van der Waals surface area contributed by atoms with Crippen LogP contribution in [0, 0.1) is 0 Å². The minimum Gasteiger partial charge on any atom is -0.444 e. The van der Waals surface area contributed by atoms with Crippen LogP contribution in [-0.2, 0) is 17.6 Å². The first-order valence-electron chi connectivity index (χ1n) is 17.0. The van der Waals surface area contributed by atoms with Gasteiger partial charge in [-0.3, -0.25) is 0 Å². The molecule has 1 aliphatic rings. The van der Waals surface area contributed by atoms with Gasteiger partial charge in [0.05, 0.1) is 5.69 Å². The van der Waals surface area contributed by atoms with Crippen molar-refractivity contribution in [2.45, 2.75) is 117 Å². The largest absolute Gasteiger partial charge is 0.444 e. The fourth-order valence-corrected chi connectivity index (χ4v) is 5.87. The van der Waals surface area contributed by atoms with Crippen LogP contribution in [0.5, 0.6) is 5.75 Å². The van der Waals surface area contributed by atoms with Gasteiger partial charge in [-0.2, -0.15) is 8.78 Å². The fraction of sp³-hybridized carbons (Fsp3) is 0.553. The Kier molecular flexibility index (Phi) is 14.0. The van der Waals surface area contributed by atoms with E-state index in [1.54, 1.807) is 23.4 Å². The van der Waals surface area contributed by atoms with Gasteiger partial charge in [-0.05, 0) is 102 Å². The number of benzene rings is 1. The van der Waals surface area contributed by atoms with Crippen LogP contribution in [0.2, 0.25) is 0 Å². The van der Waals surface area contributed by atoms with E-state index in [0.717, 1.165) is 72.3 Å². The smallest absolute Gasteiger partial charge is 0.419 e. The molecule has 0 radical (unpaired) electrons. The lowest BCUT2D eigenvalue weighted by molar-refractivity contribution is -0.131. The third-order valence-electron chi connectivity index (χ3n) is 8.25. The van der Waals surface area contributed by atoms with E-state index < -0.39 is 11.7 Å². The van der Waals surface area contributed by atoms with Crippen molar-refractivity contribution in [3.8, 4) is 5.75 Å². The summed E-state index contributed by atoms with van der Waals surface area (Å²) in [5.41, 5.74) is 4.49. The Hall–Kier alpha value is -3.75. The second-order valence-electron chi connectivity index (χ2n) is 13.3. The van der Waals surface area contributed by atoms with E-state index in [1.807, 2.05) is 40.7 Å². The Morgan fingerprint density at radius 3 is 2.49 bits per heavy atom. The van der Waals surface area contributed by atoms with Crippen molar-refractivity contribution >= 4 is 17.5 Å². The molecule has 7 nitrogen and oxygen atoms in total. The lowest BCUT2D eigenvalue weighted by Gasteiger charge is -2.41. The molecule has 0 N–H and O–H groups in total. The highest BCUT2D eigenvalue weighted by Gasteiger charge is 2.33. The third-order valence-corrected chi connectivity index (χ3v) is 8.25. The highest BCUT2D eigenvalue weighted by atomic mass is 19.3. The molecule has 3 rings (SSSR count). The molecule has 0 saturated carbocycles. The Morgan fingerprint density at radius 1 is 1.09 bits per heavy atom. The summed E-state index contributed by atoms with van der Waals surface area (Å²) in [7, 11) is 0. The summed E-state index contributed by atoms with van der Waals surface area (Å²) in [5, 5.41) is 0. The Labute approximate surface area is 280 Å². The molecule has 1 unspecified atom stereocenters. The lowest BCUT2D eigenvalue weighted by Crippen LogP contribution is -2.55. The number of carbonyl (C=O) groups is 1. The first-order valence-corrected chi connectivity index (χ1v) is 17.0. The van der Waals surface area contributed by atoms with Crippen LogP contribution < -0.4 is 9.64 Å². The highest BCUT2D eigenvalue weighted by molar-refractivity contribution is 5.85. The standard InChI is InChI=1S/C38H54F2N4O3/c1-9-12-13-14-18-28(4)32(10-2)34-33(22-16-15-19-30-20-17-21-31(25-30)46-38(39,40)11-3)41-27-42-35(34)43-23-24-44(29(5)26-43)36(45)47-37(6,7)8/h10-11,17,20-21,25,27,29H,3-4,9,12-16,18-19,22-24,26H2,1-2,5-8H3/b32-10-. The number of nitrogens with zero attached hydrogens (tertiary/aromatic N) is 4. The SMILES string of the molecule is C=CC(F)(F)Oc1cccc(CCCCc2ncnc(N3CCN(C(=O)OC(C)(C)C)C(C)C3)c2/C(=C\C)C(=C)CCCCCC)c1. The number of amides is 1. The number of aromatic nitrogens is 2. The summed E-state index contributed by atoms with van der Waals surface area (Å²) in [4.78, 5) is 26.6. The maximum Gasteiger partial charge on any atom is 0.419 e. The summed E-state index contributed by atoms with van der Waals surface area (Å²) < 4.78 is 37.8. The topological polar surface area (TPSA) is 67.8 Å². The van der Waals surface area contributed by atoms with Gasteiger partial charge < -0.3 is 19.3 Å². The van der Waals surface area contributed by atoms with Crippen molar-refractivity contribution in [3.63, 3.8) is 0 Å². The van der Waals surface area contributed by atoms with Gasteiger partial charge in [-0.15, -0.1) is 0 Å².